The molecule has 0 spiro atoms. The van der Waals surface area contributed by atoms with E-state index in [0.29, 0.717) is 16.7 Å². The first-order valence-electron chi connectivity index (χ1n) is 9.87. The molecule has 0 amide bonds. The Labute approximate surface area is 187 Å². The van der Waals surface area contributed by atoms with Gasteiger partial charge in [0.25, 0.3) is 0 Å². The average molecular weight is 434 g/mol. The summed E-state index contributed by atoms with van der Waals surface area (Å²) in [7, 11) is 0. The molecule has 0 atom stereocenters. The van der Waals surface area contributed by atoms with Crippen molar-refractivity contribution in [1.29, 1.82) is 0 Å². The Kier molecular flexibility index (Phi) is 6.37. The van der Waals surface area contributed by atoms with Crippen molar-refractivity contribution in [2.45, 2.75) is 13.3 Å². The lowest BCUT2D eigenvalue weighted by Crippen LogP contribution is -1.90. The topological polar surface area (TPSA) is 21.6 Å². The molecule has 0 fully saturated rings. The standard InChI is InChI=1S/C26H21Cl2NO/c1-2-30-23-13-8-20(9-14-23)19-6-3-18(4-7-19)5-11-22-12-16-26(29-22)24-15-10-21(27)17-25(24)28/h3-11,13-17H,2,12H2,1H3/b11-5+. The summed E-state index contributed by atoms with van der Waals surface area (Å²) in [6.07, 6.45) is 7.01. The molecule has 0 unspecified atom stereocenters. The first kappa shape index (κ1) is 20.5. The van der Waals surface area contributed by atoms with E-state index < -0.39 is 0 Å². The first-order chi connectivity index (χ1) is 14.6. The lowest BCUT2D eigenvalue weighted by Gasteiger charge is -2.05. The Balaban J connectivity index is 1.43. The fourth-order valence-corrected chi connectivity index (χ4v) is 3.81. The van der Waals surface area contributed by atoms with E-state index in [4.69, 9.17) is 32.9 Å². The molecule has 0 radical (unpaired) electrons. The van der Waals surface area contributed by atoms with Gasteiger partial charge in [-0.2, -0.15) is 0 Å². The third-order valence-corrected chi connectivity index (χ3v) is 5.40. The number of halogens is 2. The molecule has 1 aliphatic rings. The Hall–Kier alpha value is -2.81. The Bertz CT molecular complexity index is 1130. The number of nitrogens with zero attached hydrogens (tertiary/aromatic N) is 1. The number of ether oxygens (including phenoxy) is 1. The van der Waals surface area contributed by atoms with Gasteiger partial charge in [-0.1, -0.05) is 71.8 Å². The fourth-order valence-electron chi connectivity index (χ4n) is 3.31. The van der Waals surface area contributed by atoms with Gasteiger partial charge in [0.05, 0.1) is 17.3 Å². The number of benzene rings is 3. The third-order valence-electron chi connectivity index (χ3n) is 4.85. The van der Waals surface area contributed by atoms with Crippen molar-refractivity contribution in [2.24, 2.45) is 4.99 Å². The minimum Gasteiger partial charge on any atom is -0.494 e. The zero-order valence-electron chi connectivity index (χ0n) is 16.6. The Morgan fingerprint density at radius 3 is 2.27 bits per heavy atom. The van der Waals surface area contributed by atoms with Crippen LogP contribution in [0.25, 0.3) is 22.9 Å². The van der Waals surface area contributed by atoms with Gasteiger partial charge in [-0.15, -0.1) is 0 Å². The van der Waals surface area contributed by atoms with Crippen LogP contribution in [-0.2, 0) is 0 Å². The zero-order valence-corrected chi connectivity index (χ0v) is 18.1. The molecule has 2 nitrogen and oxygen atoms in total. The van der Waals surface area contributed by atoms with Crippen LogP contribution in [0, 0.1) is 0 Å². The van der Waals surface area contributed by atoms with Crippen LogP contribution in [0.5, 0.6) is 5.75 Å². The second kappa shape index (κ2) is 9.34. The summed E-state index contributed by atoms with van der Waals surface area (Å²) in [5.41, 5.74) is 6.28. The Morgan fingerprint density at radius 2 is 1.60 bits per heavy atom. The highest BCUT2D eigenvalue weighted by molar-refractivity contribution is 6.35. The molecular weight excluding hydrogens is 413 g/mol. The summed E-state index contributed by atoms with van der Waals surface area (Å²) in [6.45, 7) is 2.66. The van der Waals surface area contributed by atoms with E-state index in [1.54, 1.807) is 6.07 Å². The summed E-state index contributed by atoms with van der Waals surface area (Å²) in [6, 6.07) is 22.1. The largest absolute Gasteiger partial charge is 0.494 e. The molecule has 30 heavy (non-hydrogen) atoms. The normalized spacial score (nSPS) is 13.4. The number of rotatable bonds is 6. The molecule has 3 aromatic rings. The molecule has 1 heterocycles. The molecule has 0 saturated carbocycles. The second-order valence-corrected chi connectivity index (χ2v) is 7.78. The smallest absolute Gasteiger partial charge is 0.119 e. The molecule has 0 aromatic heterocycles. The highest BCUT2D eigenvalue weighted by Crippen LogP contribution is 2.31. The van der Waals surface area contributed by atoms with Crippen LogP contribution >= 0.6 is 23.2 Å². The number of hydrogen-bond acceptors (Lipinski definition) is 2. The van der Waals surface area contributed by atoms with Crippen molar-refractivity contribution in [3.63, 3.8) is 0 Å². The van der Waals surface area contributed by atoms with Crippen molar-refractivity contribution in [2.75, 3.05) is 6.61 Å². The van der Waals surface area contributed by atoms with E-state index in [1.165, 1.54) is 11.1 Å². The van der Waals surface area contributed by atoms with Gasteiger partial charge in [0.1, 0.15) is 5.75 Å². The molecule has 3 aromatic carbocycles. The van der Waals surface area contributed by atoms with E-state index >= 15 is 0 Å². The van der Waals surface area contributed by atoms with Gasteiger partial charge in [-0.05, 0) is 60.0 Å². The summed E-state index contributed by atoms with van der Waals surface area (Å²) < 4.78 is 5.51. The predicted molar refractivity (Wildman–Crippen MR) is 129 cm³/mol. The molecule has 4 rings (SSSR count). The highest BCUT2D eigenvalue weighted by atomic mass is 35.5. The summed E-state index contributed by atoms with van der Waals surface area (Å²) in [4.78, 5) is 4.70. The van der Waals surface area contributed by atoms with Gasteiger partial charge in [-0.25, -0.2) is 0 Å². The zero-order chi connectivity index (χ0) is 20.9. The van der Waals surface area contributed by atoms with E-state index in [0.717, 1.165) is 34.7 Å². The van der Waals surface area contributed by atoms with Crippen LogP contribution in [0.2, 0.25) is 10.0 Å². The molecule has 0 bridgehead atoms. The lowest BCUT2D eigenvalue weighted by molar-refractivity contribution is 0.340. The molecule has 1 aliphatic heterocycles. The second-order valence-electron chi connectivity index (χ2n) is 6.93. The monoisotopic (exact) mass is 433 g/mol. The molecule has 150 valence electrons. The summed E-state index contributed by atoms with van der Waals surface area (Å²) >= 11 is 12.3. The molecule has 0 N–H and O–H groups in total. The fraction of sp³-hybridized carbons (Fsp3) is 0.115. The van der Waals surface area contributed by atoms with Gasteiger partial charge in [0.15, 0.2) is 0 Å². The maximum Gasteiger partial charge on any atom is 0.119 e. The van der Waals surface area contributed by atoms with E-state index in [2.05, 4.69) is 54.6 Å². The van der Waals surface area contributed by atoms with Gasteiger partial charge in [-0.3, -0.25) is 4.99 Å². The molecule has 0 saturated heterocycles. The molecule has 4 heteroatoms. The molecule has 0 aliphatic carbocycles. The van der Waals surface area contributed by atoms with Crippen LogP contribution in [0.3, 0.4) is 0 Å². The van der Waals surface area contributed by atoms with Crippen molar-refractivity contribution in [3.05, 3.63) is 100 Å². The minimum atomic E-state index is 0.618. The average Bonchev–Trinajstić information content (AvgIpc) is 3.22. The van der Waals surface area contributed by atoms with E-state index in [-0.39, 0.29) is 0 Å². The van der Waals surface area contributed by atoms with E-state index in [9.17, 15) is 0 Å². The van der Waals surface area contributed by atoms with Crippen LogP contribution in [-0.4, -0.2) is 12.3 Å². The van der Waals surface area contributed by atoms with Gasteiger partial charge < -0.3 is 4.74 Å². The number of hydrogen-bond donors (Lipinski definition) is 0. The molecular formula is C26H21Cl2NO. The van der Waals surface area contributed by atoms with Gasteiger partial charge in [0, 0.05) is 22.7 Å². The minimum absolute atomic E-state index is 0.618. The maximum absolute atomic E-state index is 6.30. The Morgan fingerprint density at radius 1 is 0.900 bits per heavy atom. The predicted octanol–water partition coefficient (Wildman–Crippen LogP) is 7.96. The van der Waals surface area contributed by atoms with Crippen LogP contribution in [0.4, 0.5) is 0 Å². The summed E-state index contributed by atoms with van der Waals surface area (Å²) in [5, 5.41) is 1.24. The van der Waals surface area contributed by atoms with Crippen molar-refractivity contribution < 1.29 is 4.74 Å². The van der Waals surface area contributed by atoms with Crippen LogP contribution < -0.4 is 4.74 Å². The quantitative estimate of drug-likeness (QED) is 0.386. The van der Waals surface area contributed by atoms with Crippen LogP contribution in [0.1, 0.15) is 24.5 Å². The van der Waals surface area contributed by atoms with E-state index in [1.807, 2.05) is 31.2 Å². The summed E-state index contributed by atoms with van der Waals surface area (Å²) in [5.74, 6) is 0.894. The maximum atomic E-state index is 6.30. The number of aliphatic imine (C=N–C) groups is 1. The third kappa shape index (κ3) is 4.84. The number of allylic oxidation sites excluding steroid dienone is 2. The van der Waals surface area contributed by atoms with Crippen molar-refractivity contribution >= 4 is 40.7 Å². The van der Waals surface area contributed by atoms with Crippen LogP contribution in [0.15, 0.2) is 83.9 Å². The first-order valence-corrected chi connectivity index (χ1v) is 10.6. The van der Waals surface area contributed by atoms with Gasteiger partial charge >= 0.3 is 0 Å². The SMILES string of the molecule is CCOc1ccc(-c2ccc(/C=C/C3=NC(c4ccc(Cl)cc4Cl)=CC3)cc2)cc1. The van der Waals surface area contributed by atoms with Crippen molar-refractivity contribution in [1.82, 2.24) is 0 Å². The lowest BCUT2D eigenvalue weighted by atomic mass is 10.0. The van der Waals surface area contributed by atoms with Crippen molar-refractivity contribution in [3.8, 4) is 16.9 Å². The van der Waals surface area contributed by atoms with Gasteiger partial charge in [0.2, 0.25) is 0 Å². The highest BCUT2D eigenvalue weighted by Gasteiger charge is 2.12.